The van der Waals surface area contributed by atoms with E-state index in [1.165, 1.54) is 0 Å². The summed E-state index contributed by atoms with van der Waals surface area (Å²) in [6.07, 6.45) is 5.72. The Labute approximate surface area is 182 Å². The van der Waals surface area contributed by atoms with Crippen LogP contribution in [-0.2, 0) is 0 Å². The predicted octanol–water partition coefficient (Wildman–Crippen LogP) is 6.10. The molecule has 0 bridgehead atoms. The molecule has 0 atom stereocenters. The zero-order chi connectivity index (χ0) is 21.6. The Morgan fingerprint density at radius 3 is 2.42 bits per heavy atom. The van der Waals surface area contributed by atoms with E-state index in [0.29, 0.717) is 36.0 Å². The van der Waals surface area contributed by atoms with Crippen LogP contribution in [0.3, 0.4) is 0 Å². The maximum Gasteiger partial charge on any atom is 0.232 e. The SMILES string of the molecule is CCOc1ccc(/C=C2\Oc3cc(OC/C=C/c4ccccc4)cc(C)c3C2=O)cc1. The normalized spacial score (nSPS) is 14.0. The number of carbonyl (C=O) groups excluding carboxylic acids is 1. The summed E-state index contributed by atoms with van der Waals surface area (Å²) in [5, 5.41) is 0. The van der Waals surface area contributed by atoms with Gasteiger partial charge in [0.1, 0.15) is 23.9 Å². The van der Waals surface area contributed by atoms with E-state index in [0.717, 1.165) is 22.4 Å². The highest BCUT2D eigenvalue weighted by Gasteiger charge is 2.30. The topological polar surface area (TPSA) is 44.8 Å². The number of aryl methyl sites for hydroxylation is 1. The highest BCUT2D eigenvalue weighted by atomic mass is 16.5. The lowest BCUT2D eigenvalue weighted by atomic mass is 10.0. The number of carbonyl (C=O) groups is 1. The van der Waals surface area contributed by atoms with E-state index in [2.05, 4.69) is 0 Å². The van der Waals surface area contributed by atoms with Gasteiger partial charge in [-0.2, -0.15) is 0 Å². The van der Waals surface area contributed by atoms with Crippen LogP contribution in [0.4, 0.5) is 0 Å². The van der Waals surface area contributed by atoms with Gasteiger partial charge in [0.2, 0.25) is 5.78 Å². The van der Waals surface area contributed by atoms with E-state index in [4.69, 9.17) is 14.2 Å². The Balaban J connectivity index is 1.46. The molecule has 3 aromatic carbocycles. The molecule has 0 aromatic heterocycles. The van der Waals surface area contributed by atoms with Gasteiger partial charge in [0.25, 0.3) is 0 Å². The minimum absolute atomic E-state index is 0.114. The summed E-state index contributed by atoms with van der Waals surface area (Å²) in [5.74, 6) is 2.19. The van der Waals surface area contributed by atoms with Crippen molar-refractivity contribution < 1.29 is 19.0 Å². The van der Waals surface area contributed by atoms with Gasteiger partial charge in [-0.3, -0.25) is 4.79 Å². The predicted molar refractivity (Wildman–Crippen MR) is 123 cm³/mol. The Morgan fingerprint density at radius 2 is 1.68 bits per heavy atom. The first-order chi connectivity index (χ1) is 15.1. The van der Waals surface area contributed by atoms with Gasteiger partial charge in [0.05, 0.1) is 12.2 Å². The van der Waals surface area contributed by atoms with Crippen molar-refractivity contribution in [3.8, 4) is 17.2 Å². The van der Waals surface area contributed by atoms with Crippen molar-refractivity contribution in [1.82, 2.24) is 0 Å². The van der Waals surface area contributed by atoms with E-state index in [-0.39, 0.29) is 5.78 Å². The number of ether oxygens (including phenoxy) is 3. The second-order valence-electron chi connectivity index (χ2n) is 7.18. The van der Waals surface area contributed by atoms with Crippen molar-refractivity contribution in [3.63, 3.8) is 0 Å². The van der Waals surface area contributed by atoms with Crippen LogP contribution in [0.25, 0.3) is 12.2 Å². The average Bonchev–Trinajstić information content (AvgIpc) is 3.09. The molecule has 0 fully saturated rings. The summed E-state index contributed by atoms with van der Waals surface area (Å²) in [4.78, 5) is 12.8. The van der Waals surface area contributed by atoms with Crippen LogP contribution in [0.15, 0.2) is 78.6 Å². The number of hydrogen-bond acceptors (Lipinski definition) is 4. The fourth-order valence-corrected chi connectivity index (χ4v) is 3.43. The molecule has 1 heterocycles. The molecule has 0 saturated carbocycles. The highest BCUT2D eigenvalue weighted by Crippen LogP contribution is 2.37. The largest absolute Gasteiger partial charge is 0.494 e. The molecule has 0 unspecified atom stereocenters. The molecule has 0 amide bonds. The summed E-state index contributed by atoms with van der Waals surface area (Å²) in [7, 11) is 0. The maximum atomic E-state index is 12.8. The minimum atomic E-state index is -0.114. The summed E-state index contributed by atoms with van der Waals surface area (Å²) in [6, 6.07) is 21.3. The molecule has 0 aliphatic carbocycles. The van der Waals surface area contributed by atoms with Crippen LogP contribution in [0.5, 0.6) is 17.2 Å². The van der Waals surface area contributed by atoms with Crippen LogP contribution < -0.4 is 14.2 Å². The van der Waals surface area contributed by atoms with E-state index in [1.54, 1.807) is 12.1 Å². The Kier molecular flexibility index (Phi) is 6.18. The summed E-state index contributed by atoms with van der Waals surface area (Å²) < 4.78 is 17.2. The lowest BCUT2D eigenvalue weighted by Crippen LogP contribution is -2.00. The molecule has 0 spiro atoms. The molecule has 0 radical (unpaired) electrons. The number of allylic oxidation sites excluding steroid dienone is 1. The van der Waals surface area contributed by atoms with Crippen LogP contribution in [0.1, 0.15) is 34.0 Å². The molecule has 0 N–H and O–H groups in total. The summed E-state index contributed by atoms with van der Waals surface area (Å²) in [5.41, 5.74) is 3.41. The molecule has 3 aromatic rings. The quantitative estimate of drug-likeness (QED) is 0.440. The standard InChI is InChI=1S/C27H24O4/c1-3-29-22-13-11-21(12-14-22)17-25-27(28)26-19(2)16-23(18-24(26)31-25)30-15-7-10-20-8-5-4-6-9-20/h4-14,16-18H,3,15H2,1-2H3/b10-7+,25-17-. The van der Waals surface area contributed by atoms with Gasteiger partial charge in [-0.05, 0) is 60.9 Å². The van der Waals surface area contributed by atoms with Gasteiger partial charge >= 0.3 is 0 Å². The smallest absolute Gasteiger partial charge is 0.232 e. The minimum Gasteiger partial charge on any atom is -0.494 e. The van der Waals surface area contributed by atoms with E-state index < -0.39 is 0 Å². The van der Waals surface area contributed by atoms with Crippen LogP contribution in [0.2, 0.25) is 0 Å². The molecule has 1 aliphatic heterocycles. The molecule has 4 nitrogen and oxygen atoms in total. The van der Waals surface area contributed by atoms with Gasteiger partial charge in [0.15, 0.2) is 5.76 Å². The maximum absolute atomic E-state index is 12.8. The van der Waals surface area contributed by atoms with Crippen molar-refractivity contribution in [3.05, 3.63) is 101 Å². The van der Waals surface area contributed by atoms with Crippen LogP contribution in [-0.4, -0.2) is 19.0 Å². The molecule has 1 aliphatic rings. The first-order valence-corrected chi connectivity index (χ1v) is 10.3. The van der Waals surface area contributed by atoms with Crippen molar-refractivity contribution in [2.75, 3.05) is 13.2 Å². The van der Waals surface area contributed by atoms with Crippen LogP contribution in [0, 0.1) is 6.92 Å². The number of benzene rings is 3. The fourth-order valence-electron chi connectivity index (χ4n) is 3.43. The number of Topliss-reactive ketones (excluding diaryl/α,β-unsaturated/α-hetero) is 1. The van der Waals surface area contributed by atoms with Crippen molar-refractivity contribution >= 4 is 17.9 Å². The monoisotopic (exact) mass is 412 g/mol. The van der Waals surface area contributed by atoms with Gasteiger partial charge in [0, 0.05) is 6.07 Å². The van der Waals surface area contributed by atoms with Crippen molar-refractivity contribution in [1.29, 1.82) is 0 Å². The third-order valence-electron chi connectivity index (χ3n) is 4.89. The van der Waals surface area contributed by atoms with Crippen molar-refractivity contribution in [2.45, 2.75) is 13.8 Å². The van der Waals surface area contributed by atoms with E-state index in [9.17, 15) is 4.79 Å². The first kappa shape index (κ1) is 20.5. The number of ketones is 1. The Hall–Kier alpha value is -3.79. The molecule has 156 valence electrons. The van der Waals surface area contributed by atoms with Crippen molar-refractivity contribution in [2.24, 2.45) is 0 Å². The Bertz CT molecular complexity index is 1130. The average molecular weight is 412 g/mol. The second-order valence-corrected chi connectivity index (χ2v) is 7.18. The summed E-state index contributed by atoms with van der Waals surface area (Å²) >= 11 is 0. The van der Waals surface area contributed by atoms with Gasteiger partial charge in [-0.25, -0.2) is 0 Å². The van der Waals surface area contributed by atoms with Crippen LogP contribution >= 0.6 is 0 Å². The third-order valence-corrected chi connectivity index (χ3v) is 4.89. The van der Waals surface area contributed by atoms with E-state index >= 15 is 0 Å². The zero-order valence-electron chi connectivity index (χ0n) is 17.6. The van der Waals surface area contributed by atoms with Gasteiger partial charge in [-0.15, -0.1) is 0 Å². The molecular weight excluding hydrogens is 388 g/mol. The van der Waals surface area contributed by atoms with Gasteiger partial charge < -0.3 is 14.2 Å². The summed E-state index contributed by atoms with van der Waals surface area (Å²) in [6.45, 7) is 4.88. The molecule has 0 saturated heterocycles. The molecule has 4 heteroatoms. The number of hydrogen-bond donors (Lipinski definition) is 0. The first-order valence-electron chi connectivity index (χ1n) is 10.3. The molecule has 31 heavy (non-hydrogen) atoms. The van der Waals surface area contributed by atoms with E-state index in [1.807, 2.05) is 86.7 Å². The second kappa shape index (κ2) is 9.35. The lowest BCUT2D eigenvalue weighted by Gasteiger charge is -2.07. The third kappa shape index (κ3) is 4.86. The Morgan fingerprint density at radius 1 is 0.903 bits per heavy atom. The number of fused-ring (bicyclic) bond motifs is 1. The number of rotatable bonds is 7. The lowest BCUT2D eigenvalue weighted by molar-refractivity contribution is 0.101. The zero-order valence-corrected chi connectivity index (χ0v) is 17.6. The molecular formula is C27H24O4. The highest BCUT2D eigenvalue weighted by molar-refractivity contribution is 6.15. The molecule has 4 rings (SSSR count). The fraction of sp³-hybridized carbons (Fsp3) is 0.148. The van der Waals surface area contributed by atoms with Gasteiger partial charge in [-0.1, -0.05) is 48.5 Å².